The predicted octanol–water partition coefficient (Wildman–Crippen LogP) is 5.67. The number of nitriles is 1. The summed E-state index contributed by atoms with van der Waals surface area (Å²) in [6, 6.07) is 14.4. The first-order chi connectivity index (χ1) is 13.3. The molecule has 28 heavy (non-hydrogen) atoms. The van der Waals surface area contributed by atoms with Gasteiger partial charge in [0.05, 0.1) is 28.0 Å². The van der Waals surface area contributed by atoms with Crippen molar-refractivity contribution in [3.05, 3.63) is 77.7 Å². The van der Waals surface area contributed by atoms with E-state index in [1.54, 1.807) is 34.5 Å². The van der Waals surface area contributed by atoms with Crippen LogP contribution in [0.15, 0.2) is 60.8 Å². The lowest BCUT2D eigenvalue weighted by molar-refractivity contribution is -0.137. The summed E-state index contributed by atoms with van der Waals surface area (Å²) in [5.41, 5.74) is 1.55. The highest BCUT2D eigenvalue weighted by Crippen LogP contribution is 2.37. The fourth-order valence-electron chi connectivity index (χ4n) is 3.39. The number of aromatic nitrogens is 2. The number of nitrogens with zero attached hydrogens (tertiary/aromatic N) is 3. The molecule has 140 valence electrons. The van der Waals surface area contributed by atoms with Gasteiger partial charge in [-0.3, -0.25) is 0 Å². The SMILES string of the molecule is Cn1cccc1-c1c(C#N)c2ccc(F)cc2n1-c1ccc(C(F)(F)F)cc1. The van der Waals surface area contributed by atoms with Gasteiger partial charge in [0.2, 0.25) is 0 Å². The zero-order valence-electron chi connectivity index (χ0n) is 14.6. The fraction of sp³-hybridized carbons (Fsp3) is 0.0952. The molecule has 0 spiro atoms. The largest absolute Gasteiger partial charge is 0.416 e. The third-order valence-electron chi connectivity index (χ3n) is 4.68. The predicted molar refractivity (Wildman–Crippen MR) is 97.4 cm³/mol. The average Bonchev–Trinajstić information content (AvgIpc) is 3.20. The third-order valence-corrected chi connectivity index (χ3v) is 4.68. The summed E-state index contributed by atoms with van der Waals surface area (Å²) in [5.74, 6) is -0.499. The maximum absolute atomic E-state index is 14.0. The first-order valence-corrected chi connectivity index (χ1v) is 8.34. The van der Waals surface area contributed by atoms with Crippen molar-refractivity contribution >= 4 is 10.9 Å². The Hall–Kier alpha value is -3.53. The molecular weight excluding hydrogens is 370 g/mol. The molecule has 0 saturated heterocycles. The standard InChI is InChI=1S/C21H13F4N3/c1-27-10-2-3-18(27)20-17(12-26)16-9-6-14(22)11-19(16)28(20)15-7-4-13(5-8-15)21(23,24)25/h2-11H,1H3. The summed E-state index contributed by atoms with van der Waals surface area (Å²) < 4.78 is 56.2. The lowest BCUT2D eigenvalue weighted by atomic mass is 10.1. The van der Waals surface area contributed by atoms with Crippen molar-refractivity contribution < 1.29 is 17.6 Å². The molecule has 2 heterocycles. The Bertz CT molecular complexity index is 1220. The van der Waals surface area contributed by atoms with Crippen LogP contribution in [-0.4, -0.2) is 9.13 Å². The first kappa shape index (κ1) is 17.9. The van der Waals surface area contributed by atoms with Gasteiger partial charge in [-0.25, -0.2) is 4.39 Å². The van der Waals surface area contributed by atoms with Gasteiger partial charge in [0.1, 0.15) is 11.9 Å². The molecule has 4 aromatic rings. The van der Waals surface area contributed by atoms with Crippen molar-refractivity contribution in [2.24, 2.45) is 7.05 Å². The van der Waals surface area contributed by atoms with Crippen LogP contribution in [0.2, 0.25) is 0 Å². The van der Waals surface area contributed by atoms with Crippen molar-refractivity contribution in [2.45, 2.75) is 6.18 Å². The number of aryl methyl sites for hydroxylation is 1. The summed E-state index contributed by atoms with van der Waals surface area (Å²) in [6.45, 7) is 0. The lowest BCUT2D eigenvalue weighted by Crippen LogP contribution is -2.06. The summed E-state index contributed by atoms with van der Waals surface area (Å²) in [5, 5.41) is 10.3. The van der Waals surface area contributed by atoms with Crippen molar-refractivity contribution in [2.75, 3.05) is 0 Å². The van der Waals surface area contributed by atoms with Crippen LogP contribution in [0.1, 0.15) is 11.1 Å². The Morgan fingerprint density at radius 1 is 1.00 bits per heavy atom. The molecule has 0 aliphatic heterocycles. The molecule has 0 bridgehead atoms. The fourth-order valence-corrected chi connectivity index (χ4v) is 3.39. The van der Waals surface area contributed by atoms with Crippen LogP contribution in [0.5, 0.6) is 0 Å². The summed E-state index contributed by atoms with van der Waals surface area (Å²) >= 11 is 0. The molecular formula is C21H13F4N3. The molecule has 0 N–H and O–H groups in total. The molecule has 7 heteroatoms. The average molecular weight is 383 g/mol. The number of hydrogen-bond donors (Lipinski definition) is 0. The summed E-state index contributed by atoms with van der Waals surface area (Å²) in [4.78, 5) is 0. The Morgan fingerprint density at radius 3 is 2.29 bits per heavy atom. The van der Waals surface area contributed by atoms with Crippen LogP contribution >= 0.6 is 0 Å². The normalized spacial score (nSPS) is 11.7. The van der Waals surface area contributed by atoms with Gasteiger partial charge in [-0.1, -0.05) is 0 Å². The van der Waals surface area contributed by atoms with E-state index in [9.17, 15) is 22.8 Å². The number of alkyl halides is 3. The molecule has 3 nitrogen and oxygen atoms in total. The molecule has 0 atom stereocenters. The first-order valence-electron chi connectivity index (χ1n) is 8.34. The molecule has 0 aliphatic rings. The molecule has 0 fully saturated rings. The van der Waals surface area contributed by atoms with Gasteiger partial charge in [-0.2, -0.15) is 18.4 Å². The smallest absolute Gasteiger partial charge is 0.349 e. The Labute approximate surface area is 157 Å². The highest BCUT2D eigenvalue weighted by atomic mass is 19.4. The molecule has 4 rings (SSSR count). The molecule has 0 unspecified atom stereocenters. The van der Waals surface area contributed by atoms with E-state index in [1.807, 2.05) is 0 Å². The van der Waals surface area contributed by atoms with Crippen LogP contribution in [0, 0.1) is 17.1 Å². The van der Waals surface area contributed by atoms with E-state index in [-0.39, 0.29) is 0 Å². The molecule has 0 aliphatic carbocycles. The van der Waals surface area contributed by atoms with Crippen LogP contribution in [0.25, 0.3) is 28.0 Å². The van der Waals surface area contributed by atoms with Gasteiger partial charge in [-0.05, 0) is 54.6 Å². The van der Waals surface area contributed by atoms with Gasteiger partial charge in [0.15, 0.2) is 0 Å². The quantitative estimate of drug-likeness (QED) is 0.411. The maximum atomic E-state index is 14.0. The minimum Gasteiger partial charge on any atom is -0.349 e. The van der Waals surface area contributed by atoms with E-state index < -0.39 is 17.6 Å². The topological polar surface area (TPSA) is 33.6 Å². The Balaban J connectivity index is 2.08. The van der Waals surface area contributed by atoms with Crippen LogP contribution in [-0.2, 0) is 13.2 Å². The maximum Gasteiger partial charge on any atom is 0.416 e. The van der Waals surface area contributed by atoms with Crippen LogP contribution in [0.3, 0.4) is 0 Å². The second-order valence-electron chi connectivity index (χ2n) is 6.38. The van der Waals surface area contributed by atoms with E-state index in [2.05, 4.69) is 6.07 Å². The van der Waals surface area contributed by atoms with Gasteiger partial charge in [-0.15, -0.1) is 0 Å². The van der Waals surface area contributed by atoms with Gasteiger partial charge < -0.3 is 9.13 Å². The zero-order chi connectivity index (χ0) is 20.1. The molecule has 2 aromatic carbocycles. The molecule has 0 radical (unpaired) electrons. The number of fused-ring (bicyclic) bond motifs is 1. The summed E-state index contributed by atoms with van der Waals surface area (Å²) in [7, 11) is 1.80. The van der Waals surface area contributed by atoms with Crippen LogP contribution < -0.4 is 0 Å². The van der Waals surface area contributed by atoms with E-state index in [1.165, 1.54) is 30.3 Å². The number of halogens is 4. The van der Waals surface area contributed by atoms with Gasteiger partial charge in [0, 0.05) is 24.3 Å². The van der Waals surface area contributed by atoms with E-state index >= 15 is 0 Å². The van der Waals surface area contributed by atoms with Crippen LogP contribution in [0.4, 0.5) is 17.6 Å². The highest BCUT2D eigenvalue weighted by Gasteiger charge is 2.30. The van der Waals surface area contributed by atoms with Crippen molar-refractivity contribution in [3.8, 4) is 23.1 Å². The highest BCUT2D eigenvalue weighted by molar-refractivity contribution is 5.95. The summed E-state index contributed by atoms with van der Waals surface area (Å²) in [6.07, 6.45) is -2.66. The number of benzene rings is 2. The minimum absolute atomic E-state index is 0.330. The van der Waals surface area contributed by atoms with Gasteiger partial charge >= 0.3 is 6.18 Å². The Kier molecular flexibility index (Phi) is 4.00. The molecule has 0 amide bonds. The number of hydrogen-bond acceptors (Lipinski definition) is 1. The zero-order valence-corrected chi connectivity index (χ0v) is 14.6. The van der Waals surface area contributed by atoms with Gasteiger partial charge in [0.25, 0.3) is 0 Å². The van der Waals surface area contributed by atoms with Crippen molar-refractivity contribution in [1.29, 1.82) is 5.26 Å². The van der Waals surface area contributed by atoms with E-state index in [4.69, 9.17) is 0 Å². The monoisotopic (exact) mass is 383 g/mol. The molecule has 0 saturated carbocycles. The lowest BCUT2D eigenvalue weighted by Gasteiger charge is -2.14. The third kappa shape index (κ3) is 2.74. The second kappa shape index (κ2) is 6.27. The molecule has 2 aromatic heterocycles. The minimum atomic E-state index is -4.46. The van der Waals surface area contributed by atoms with E-state index in [0.29, 0.717) is 33.5 Å². The second-order valence-corrected chi connectivity index (χ2v) is 6.38. The van der Waals surface area contributed by atoms with Crippen molar-refractivity contribution in [1.82, 2.24) is 9.13 Å². The number of rotatable bonds is 2. The van der Waals surface area contributed by atoms with E-state index in [0.717, 1.165) is 12.1 Å². The van der Waals surface area contributed by atoms with Crippen molar-refractivity contribution in [3.63, 3.8) is 0 Å². The Morgan fingerprint density at radius 2 is 1.71 bits per heavy atom.